The maximum atomic E-state index is 14.4. The molecule has 10 heteroatoms. The van der Waals surface area contributed by atoms with E-state index < -0.39 is 28.8 Å². The van der Waals surface area contributed by atoms with Crippen LogP contribution < -0.4 is 16.4 Å². The number of H-pyrrole nitrogens is 1. The van der Waals surface area contributed by atoms with E-state index in [9.17, 15) is 22.8 Å². The van der Waals surface area contributed by atoms with Crippen LogP contribution in [0.25, 0.3) is 5.69 Å². The first-order valence-electron chi connectivity index (χ1n) is 8.83. The molecule has 0 unspecified atom stereocenters. The molecule has 0 aliphatic carbocycles. The van der Waals surface area contributed by atoms with Crippen molar-refractivity contribution in [3.63, 3.8) is 0 Å². The number of hydrogen-bond donors (Lipinski definition) is 3. The molecular formula is C20H19F3N4O3. The zero-order valence-electron chi connectivity index (χ0n) is 16.1. The number of rotatable bonds is 6. The van der Waals surface area contributed by atoms with Crippen LogP contribution >= 0.6 is 0 Å². The van der Waals surface area contributed by atoms with Crippen molar-refractivity contribution in [1.29, 1.82) is 0 Å². The van der Waals surface area contributed by atoms with Crippen LogP contribution in [-0.2, 0) is 15.1 Å². The van der Waals surface area contributed by atoms with E-state index in [-0.39, 0.29) is 11.4 Å². The number of hydrazine groups is 1. The van der Waals surface area contributed by atoms with E-state index in [1.165, 1.54) is 19.1 Å². The Morgan fingerprint density at radius 1 is 1.03 bits per heavy atom. The number of para-hydroxylation sites is 2. The normalized spacial score (nSPS) is 13.5. The topological polar surface area (TPSA) is 88.2 Å². The van der Waals surface area contributed by atoms with Gasteiger partial charge in [-0.25, -0.2) is 14.9 Å². The molecule has 0 spiro atoms. The van der Waals surface area contributed by atoms with Crippen LogP contribution in [0.15, 0.2) is 65.5 Å². The molecule has 7 nitrogen and oxygen atoms in total. The van der Waals surface area contributed by atoms with Crippen molar-refractivity contribution in [2.45, 2.75) is 18.6 Å². The van der Waals surface area contributed by atoms with Gasteiger partial charge in [-0.1, -0.05) is 36.4 Å². The molecule has 1 atom stereocenters. The van der Waals surface area contributed by atoms with Crippen LogP contribution in [-0.4, -0.2) is 29.0 Å². The lowest BCUT2D eigenvalue weighted by Gasteiger charge is -2.33. The number of alkyl halides is 3. The Morgan fingerprint density at radius 3 is 2.13 bits per heavy atom. The molecule has 0 saturated heterocycles. The lowest BCUT2D eigenvalue weighted by Crippen LogP contribution is -2.63. The van der Waals surface area contributed by atoms with E-state index in [1.807, 2.05) is 5.43 Å². The number of nitrogens with zero attached hydrogens (tertiary/aromatic N) is 1. The average Bonchev–Trinajstić information content (AvgIpc) is 3.03. The number of esters is 1. The molecule has 0 radical (unpaired) electrons. The fourth-order valence-electron chi connectivity index (χ4n) is 3.13. The summed E-state index contributed by atoms with van der Waals surface area (Å²) in [6, 6.07) is 15.9. The SMILES string of the molecule is COC(=O)[C@@](NNc1ccccc1)(c1c(C)[nH]n(-c2ccccc2)c1=O)C(F)(F)F. The second-order valence-corrected chi connectivity index (χ2v) is 6.44. The molecular weight excluding hydrogens is 401 g/mol. The third kappa shape index (κ3) is 3.57. The van der Waals surface area contributed by atoms with Gasteiger partial charge in [0.1, 0.15) is 0 Å². The molecule has 2 aromatic carbocycles. The van der Waals surface area contributed by atoms with Crippen molar-refractivity contribution in [3.05, 3.63) is 82.3 Å². The summed E-state index contributed by atoms with van der Waals surface area (Å²) >= 11 is 0. The summed E-state index contributed by atoms with van der Waals surface area (Å²) in [6.07, 6.45) is -5.22. The monoisotopic (exact) mass is 420 g/mol. The molecule has 0 amide bonds. The molecule has 30 heavy (non-hydrogen) atoms. The number of carbonyl (C=O) groups excluding carboxylic acids is 1. The van der Waals surface area contributed by atoms with Gasteiger partial charge in [0.05, 0.1) is 18.4 Å². The highest BCUT2D eigenvalue weighted by molar-refractivity contribution is 5.84. The van der Waals surface area contributed by atoms with Crippen LogP contribution in [0.1, 0.15) is 11.3 Å². The number of halogens is 3. The summed E-state index contributed by atoms with van der Waals surface area (Å²) in [5.41, 5.74) is -0.504. The number of carbonyl (C=O) groups is 1. The number of benzene rings is 2. The highest BCUT2D eigenvalue weighted by atomic mass is 19.4. The molecule has 1 aromatic heterocycles. The molecule has 1 heterocycles. The number of hydrogen-bond acceptors (Lipinski definition) is 5. The number of aromatic nitrogens is 2. The van der Waals surface area contributed by atoms with Gasteiger partial charge in [-0.05, 0) is 31.2 Å². The third-order valence-electron chi connectivity index (χ3n) is 4.55. The molecule has 0 bridgehead atoms. The highest BCUT2D eigenvalue weighted by Gasteiger charge is 2.65. The number of anilines is 1. The standard InChI is InChI=1S/C20H19F3N4O3/c1-13-16(17(28)27(25-13)15-11-7-4-8-12-15)19(18(29)30-2,20(21,22)23)26-24-14-9-5-3-6-10-14/h3-12,24-26H,1-2H3/t19-/m0/s1. The van der Waals surface area contributed by atoms with Gasteiger partial charge in [0, 0.05) is 11.4 Å². The predicted molar refractivity (Wildman–Crippen MR) is 104 cm³/mol. The first-order chi connectivity index (χ1) is 14.2. The molecule has 3 aromatic rings. The van der Waals surface area contributed by atoms with Crippen LogP contribution in [0.2, 0.25) is 0 Å². The first kappa shape index (κ1) is 21.2. The third-order valence-corrected chi connectivity index (χ3v) is 4.55. The van der Waals surface area contributed by atoms with Crippen molar-refractivity contribution in [1.82, 2.24) is 15.2 Å². The van der Waals surface area contributed by atoms with Crippen molar-refractivity contribution in [2.75, 3.05) is 12.5 Å². The Balaban J connectivity index is 2.21. The molecule has 0 aliphatic rings. The second kappa shape index (κ2) is 8.07. The Kier molecular flexibility index (Phi) is 5.70. The van der Waals surface area contributed by atoms with Gasteiger partial charge >= 0.3 is 12.1 Å². The minimum Gasteiger partial charge on any atom is -0.467 e. The summed E-state index contributed by atoms with van der Waals surface area (Å²) in [5.74, 6) is -1.68. The maximum absolute atomic E-state index is 14.4. The number of methoxy groups -OCH3 is 1. The van der Waals surface area contributed by atoms with Crippen LogP contribution in [0.4, 0.5) is 18.9 Å². The Morgan fingerprint density at radius 2 is 1.60 bits per heavy atom. The van der Waals surface area contributed by atoms with Crippen molar-refractivity contribution in [3.8, 4) is 5.69 Å². The Hall–Kier alpha value is -3.53. The lowest BCUT2D eigenvalue weighted by molar-refractivity contribution is -0.214. The number of aryl methyl sites for hydroxylation is 1. The van der Waals surface area contributed by atoms with Gasteiger partial charge in [0.15, 0.2) is 0 Å². The van der Waals surface area contributed by atoms with Gasteiger partial charge in [-0.3, -0.25) is 9.89 Å². The fraction of sp³-hybridized carbons (Fsp3) is 0.200. The van der Waals surface area contributed by atoms with Crippen LogP contribution in [0.5, 0.6) is 0 Å². The molecule has 0 saturated carbocycles. The van der Waals surface area contributed by atoms with Gasteiger partial charge < -0.3 is 10.2 Å². The fourth-order valence-corrected chi connectivity index (χ4v) is 3.13. The van der Waals surface area contributed by atoms with E-state index in [1.54, 1.807) is 48.5 Å². The van der Waals surface area contributed by atoms with E-state index in [0.717, 1.165) is 11.8 Å². The van der Waals surface area contributed by atoms with Gasteiger partial charge in [0.2, 0.25) is 0 Å². The highest BCUT2D eigenvalue weighted by Crippen LogP contribution is 2.40. The summed E-state index contributed by atoms with van der Waals surface area (Å²) in [5, 5.41) is 2.61. The number of ether oxygens (including phenoxy) is 1. The van der Waals surface area contributed by atoms with E-state index in [4.69, 9.17) is 0 Å². The van der Waals surface area contributed by atoms with Crippen LogP contribution in [0.3, 0.4) is 0 Å². The quantitative estimate of drug-likeness (QED) is 0.422. The van der Waals surface area contributed by atoms with Crippen molar-refractivity contribution in [2.24, 2.45) is 0 Å². The first-order valence-corrected chi connectivity index (χ1v) is 8.83. The van der Waals surface area contributed by atoms with Gasteiger partial charge in [-0.2, -0.15) is 13.2 Å². The second-order valence-electron chi connectivity index (χ2n) is 6.44. The number of aromatic amines is 1. The molecule has 158 valence electrons. The van der Waals surface area contributed by atoms with Crippen molar-refractivity contribution < 1.29 is 22.7 Å². The zero-order chi connectivity index (χ0) is 21.9. The summed E-state index contributed by atoms with van der Waals surface area (Å²) < 4.78 is 48.7. The summed E-state index contributed by atoms with van der Waals surface area (Å²) in [7, 11) is 0.824. The molecule has 0 aliphatic heterocycles. The average molecular weight is 420 g/mol. The molecule has 3 N–H and O–H groups in total. The number of nitrogens with one attached hydrogen (secondary N) is 3. The minimum absolute atomic E-state index is 0.145. The lowest BCUT2D eigenvalue weighted by atomic mass is 9.90. The predicted octanol–water partition coefficient (Wildman–Crippen LogP) is 3.02. The van der Waals surface area contributed by atoms with Crippen LogP contribution in [0, 0.1) is 6.92 Å². The molecule has 3 rings (SSSR count). The Bertz CT molecular complexity index is 1080. The zero-order valence-corrected chi connectivity index (χ0v) is 16.1. The van der Waals surface area contributed by atoms with E-state index >= 15 is 0 Å². The molecule has 0 fully saturated rings. The van der Waals surface area contributed by atoms with Gasteiger partial charge in [0.25, 0.3) is 11.1 Å². The van der Waals surface area contributed by atoms with E-state index in [0.29, 0.717) is 5.69 Å². The van der Waals surface area contributed by atoms with Gasteiger partial charge in [-0.15, -0.1) is 0 Å². The summed E-state index contributed by atoms with van der Waals surface area (Å²) in [4.78, 5) is 25.6. The Labute approximate surface area is 169 Å². The maximum Gasteiger partial charge on any atom is 0.423 e. The van der Waals surface area contributed by atoms with Crippen molar-refractivity contribution >= 4 is 11.7 Å². The summed E-state index contributed by atoms with van der Waals surface area (Å²) in [6.45, 7) is 1.28. The minimum atomic E-state index is -5.22. The van der Waals surface area contributed by atoms with E-state index in [2.05, 4.69) is 15.3 Å². The smallest absolute Gasteiger partial charge is 0.423 e. The largest absolute Gasteiger partial charge is 0.467 e.